The van der Waals surface area contributed by atoms with Crippen molar-refractivity contribution < 1.29 is 14.7 Å². The Balaban J connectivity index is 2.08. The van der Waals surface area contributed by atoms with Crippen LogP contribution in [-0.2, 0) is 9.59 Å². The molecule has 0 unspecified atom stereocenters. The normalized spacial score (nSPS) is 27.1. The third-order valence-electron chi connectivity index (χ3n) is 3.13. The summed E-state index contributed by atoms with van der Waals surface area (Å²) in [6.07, 6.45) is 3.81. The first-order chi connectivity index (χ1) is 8.58. The monoisotopic (exact) mass is 252 g/mol. The van der Waals surface area contributed by atoms with Gasteiger partial charge in [0.05, 0.1) is 0 Å². The Morgan fingerprint density at radius 3 is 2.94 bits per heavy atom. The molecule has 0 aromatic carbocycles. The van der Waals surface area contributed by atoms with Gasteiger partial charge in [0.15, 0.2) is 0 Å². The summed E-state index contributed by atoms with van der Waals surface area (Å²) in [6.45, 7) is 1.83. The first-order valence-corrected chi connectivity index (χ1v) is 5.80. The molecule has 2 heterocycles. The highest BCUT2D eigenvalue weighted by Gasteiger charge is 2.39. The zero-order valence-electron chi connectivity index (χ0n) is 10.0. The van der Waals surface area contributed by atoms with Crippen molar-refractivity contribution in [2.24, 2.45) is 0 Å². The molecule has 7 heteroatoms. The van der Waals surface area contributed by atoms with E-state index in [4.69, 9.17) is 5.11 Å². The van der Waals surface area contributed by atoms with Gasteiger partial charge in [0.25, 0.3) is 0 Å². The van der Waals surface area contributed by atoms with Crippen LogP contribution >= 0.6 is 0 Å². The molecular weight excluding hydrogens is 236 g/mol. The molecule has 1 amide bonds. The van der Waals surface area contributed by atoms with Gasteiger partial charge in [0.1, 0.15) is 11.9 Å². The van der Waals surface area contributed by atoms with Crippen molar-refractivity contribution >= 4 is 11.9 Å². The largest absolute Gasteiger partial charge is 0.480 e. The second kappa shape index (κ2) is 5.18. The van der Waals surface area contributed by atoms with E-state index in [0.29, 0.717) is 13.0 Å². The number of aromatic nitrogens is 2. The van der Waals surface area contributed by atoms with Crippen LogP contribution < -0.4 is 10.6 Å². The Kier molecular flexibility index (Phi) is 3.61. The summed E-state index contributed by atoms with van der Waals surface area (Å²) in [5.74, 6) is -0.291. The van der Waals surface area contributed by atoms with Crippen LogP contribution in [-0.4, -0.2) is 45.6 Å². The number of H-pyrrole nitrogens is 1. The molecule has 1 aliphatic heterocycles. The highest BCUT2D eigenvalue weighted by molar-refractivity contribution is 5.74. The number of carboxylic acid groups (broad SMARTS) is 1. The van der Waals surface area contributed by atoms with Gasteiger partial charge in [-0.15, -0.1) is 0 Å². The predicted octanol–water partition coefficient (Wildman–Crippen LogP) is -0.555. The number of nitrogens with zero attached hydrogens (tertiary/aromatic N) is 1. The number of hydrogen-bond donors (Lipinski definition) is 4. The van der Waals surface area contributed by atoms with E-state index in [1.54, 1.807) is 12.4 Å². The molecule has 98 valence electrons. The lowest BCUT2D eigenvalue weighted by Gasteiger charge is -2.17. The molecule has 0 radical (unpaired) electrons. The molecule has 0 spiro atoms. The lowest BCUT2D eigenvalue weighted by Crippen LogP contribution is -2.43. The molecule has 2 rings (SSSR count). The first kappa shape index (κ1) is 12.6. The van der Waals surface area contributed by atoms with Crippen LogP contribution in [0, 0.1) is 0 Å². The van der Waals surface area contributed by atoms with Crippen molar-refractivity contribution in [1.29, 1.82) is 0 Å². The van der Waals surface area contributed by atoms with Gasteiger partial charge in [-0.05, 0) is 6.42 Å². The van der Waals surface area contributed by atoms with Crippen molar-refractivity contribution in [3.63, 3.8) is 0 Å². The molecule has 0 saturated carbocycles. The Hall–Kier alpha value is -1.89. The maximum Gasteiger partial charge on any atom is 0.320 e. The molecule has 1 fully saturated rings. The molecule has 1 aromatic heterocycles. The highest BCUT2D eigenvalue weighted by atomic mass is 16.4. The van der Waals surface area contributed by atoms with Crippen molar-refractivity contribution in [3.8, 4) is 0 Å². The second-order valence-corrected chi connectivity index (χ2v) is 4.42. The van der Waals surface area contributed by atoms with Gasteiger partial charge >= 0.3 is 5.97 Å². The number of aromatic amines is 1. The van der Waals surface area contributed by atoms with Gasteiger partial charge in [0, 0.05) is 37.8 Å². The maximum absolute atomic E-state index is 11.0. The lowest BCUT2D eigenvalue weighted by atomic mass is 9.98. The van der Waals surface area contributed by atoms with Crippen LogP contribution in [0.25, 0.3) is 0 Å². The molecule has 3 atom stereocenters. The Bertz CT molecular complexity index is 432. The third kappa shape index (κ3) is 2.67. The third-order valence-corrected chi connectivity index (χ3v) is 3.13. The molecule has 0 aliphatic carbocycles. The summed E-state index contributed by atoms with van der Waals surface area (Å²) in [5, 5.41) is 14.8. The number of nitrogens with one attached hydrogen (secondary N) is 3. The molecule has 1 saturated heterocycles. The van der Waals surface area contributed by atoms with Crippen LogP contribution in [0.5, 0.6) is 0 Å². The number of aliphatic carboxylic acids is 1. The number of carbonyl (C=O) groups excluding carboxylic acids is 1. The fourth-order valence-electron chi connectivity index (χ4n) is 2.27. The van der Waals surface area contributed by atoms with Crippen molar-refractivity contribution in [1.82, 2.24) is 20.6 Å². The average molecular weight is 252 g/mol. The van der Waals surface area contributed by atoms with Crippen LogP contribution in [0.4, 0.5) is 0 Å². The molecule has 1 aromatic rings. The molecule has 7 nitrogen and oxygen atoms in total. The maximum atomic E-state index is 11.0. The van der Waals surface area contributed by atoms with Gasteiger partial charge in [0.2, 0.25) is 5.91 Å². The minimum absolute atomic E-state index is 0.0343. The number of carbonyl (C=O) groups is 2. The van der Waals surface area contributed by atoms with Crippen molar-refractivity contribution in [2.75, 3.05) is 6.54 Å². The fourth-order valence-corrected chi connectivity index (χ4v) is 2.27. The van der Waals surface area contributed by atoms with E-state index in [-0.39, 0.29) is 17.9 Å². The molecule has 1 aliphatic rings. The number of rotatable bonds is 4. The smallest absolute Gasteiger partial charge is 0.320 e. The van der Waals surface area contributed by atoms with Crippen LogP contribution in [0.15, 0.2) is 12.4 Å². The van der Waals surface area contributed by atoms with Crippen LogP contribution in [0.2, 0.25) is 0 Å². The van der Waals surface area contributed by atoms with Gasteiger partial charge in [-0.25, -0.2) is 4.98 Å². The average Bonchev–Trinajstić information content (AvgIpc) is 2.95. The quantitative estimate of drug-likeness (QED) is 0.575. The fraction of sp³-hybridized carbons (Fsp3) is 0.545. The van der Waals surface area contributed by atoms with E-state index in [1.807, 2.05) is 0 Å². The summed E-state index contributed by atoms with van der Waals surface area (Å²) in [5.41, 5.74) is 0. The second-order valence-electron chi connectivity index (χ2n) is 4.42. The number of imidazole rings is 1. The summed E-state index contributed by atoms with van der Waals surface area (Å²) in [4.78, 5) is 29.1. The molecular formula is C11H16N4O3. The van der Waals surface area contributed by atoms with Gasteiger partial charge in [-0.3, -0.25) is 14.9 Å². The zero-order chi connectivity index (χ0) is 13.1. The van der Waals surface area contributed by atoms with E-state index in [2.05, 4.69) is 20.6 Å². The first-order valence-electron chi connectivity index (χ1n) is 5.80. The topological polar surface area (TPSA) is 107 Å². The van der Waals surface area contributed by atoms with E-state index in [9.17, 15) is 9.59 Å². The van der Waals surface area contributed by atoms with E-state index >= 15 is 0 Å². The minimum atomic E-state index is -0.878. The van der Waals surface area contributed by atoms with Crippen LogP contribution in [0.1, 0.15) is 25.1 Å². The predicted molar refractivity (Wildman–Crippen MR) is 63.0 cm³/mol. The molecule has 18 heavy (non-hydrogen) atoms. The molecule has 4 N–H and O–H groups in total. The zero-order valence-corrected chi connectivity index (χ0v) is 10.0. The SMILES string of the molecule is CC(=O)NC[C@@H]1N[C@@H](C(=O)O)C[C@H]1c1ncc[nH]1. The van der Waals surface area contributed by atoms with E-state index in [1.165, 1.54) is 6.92 Å². The number of amides is 1. The Labute approximate surface area is 104 Å². The van der Waals surface area contributed by atoms with Gasteiger partial charge < -0.3 is 15.4 Å². The van der Waals surface area contributed by atoms with Gasteiger partial charge in [-0.1, -0.05) is 0 Å². The van der Waals surface area contributed by atoms with Crippen LogP contribution in [0.3, 0.4) is 0 Å². The van der Waals surface area contributed by atoms with E-state index in [0.717, 1.165) is 5.82 Å². The highest BCUT2D eigenvalue weighted by Crippen LogP contribution is 2.28. The minimum Gasteiger partial charge on any atom is -0.480 e. The summed E-state index contributed by atoms with van der Waals surface area (Å²) < 4.78 is 0. The Morgan fingerprint density at radius 1 is 1.61 bits per heavy atom. The van der Waals surface area contributed by atoms with Crippen molar-refractivity contribution in [3.05, 3.63) is 18.2 Å². The summed E-state index contributed by atoms with van der Waals surface area (Å²) in [6, 6.07) is -0.722. The number of hydrogen-bond acceptors (Lipinski definition) is 4. The summed E-state index contributed by atoms with van der Waals surface area (Å²) in [7, 11) is 0. The summed E-state index contributed by atoms with van der Waals surface area (Å²) >= 11 is 0. The molecule has 0 bridgehead atoms. The van der Waals surface area contributed by atoms with E-state index < -0.39 is 12.0 Å². The Morgan fingerprint density at radius 2 is 2.39 bits per heavy atom. The van der Waals surface area contributed by atoms with Crippen molar-refractivity contribution in [2.45, 2.75) is 31.3 Å². The van der Waals surface area contributed by atoms with Gasteiger partial charge in [-0.2, -0.15) is 0 Å². The number of carboxylic acids is 1. The standard InChI is InChI=1S/C11H16N4O3/c1-6(16)14-5-9-7(10-12-2-3-13-10)4-8(15-9)11(17)18/h2-3,7-9,15H,4-5H2,1H3,(H,12,13)(H,14,16)(H,17,18)/t7-,8-,9+/m1/s1. The lowest BCUT2D eigenvalue weighted by molar-refractivity contribution is -0.139.